The Morgan fingerprint density at radius 2 is 1.92 bits per heavy atom. The number of aromatic nitrogens is 2. The van der Waals surface area contributed by atoms with Crippen LogP contribution in [-0.4, -0.2) is 33.3 Å². The predicted octanol–water partition coefficient (Wildman–Crippen LogP) is 3.65. The summed E-state index contributed by atoms with van der Waals surface area (Å²) in [5.41, 5.74) is 3.15. The molecule has 1 aliphatic heterocycles. The third kappa shape index (κ3) is 3.57. The maximum Gasteiger partial charge on any atom is 0.123 e. The van der Waals surface area contributed by atoms with Crippen LogP contribution < -0.4 is 0 Å². The minimum atomic E-state index is -0.510. The van der Waals surface area contributed by atoms with Crippen LogP contribution in [0.2, 0.25) is 0 Å². The maximum absolute atomic E-state index is 13.0. The number of aliphatic hydroxyl groups excluding tert-OH is 1. The zero-order chi connectivity index (χ0) is 17.2. The number of nitrogens with one attached hydrogen (secondary N) is 1. The normalized spacial score (nSPS) is 17.8. The molecule has 0 bridgehead atoms. The van der Waals surface area contributed by atoms with E-state index in [2.05, 4.69) is 33.3 Å². The number of likely N-dealkylation sites (tertiary alicyclic amines) is 1. The number of nitrogens with zero attached hydrogens (tertiary/aromatic N) is 2. The van der Waals surface area contributed by atoms with Gasteiger partial charge in [0.2, 0.25) is 0 Å². The SMILES string of the molecule is OC(c1ccc(F)cc1)C1CCN(Cc2ccc3cn[nH]c3c2)CC1. The van der Waals surface area contributed by atoms with E-state index in [0.717, 1.165) is 48.9 Å². The van der Waals surface area contributed by atoms with Crippen molar-refractivity contribution in [1.29, 1.82) is 0 Å². The second-order valence-corrected chi connectivity index (χ2v) is 6.90. The summed E-state index contributed by atoms with van der Waals surface area (Å²) >= 11 is 0. The van der Waals surface area contributed by atoms with Crippen molar-refractivity contribution in [2.75, 3.05) is 13.1 Å². The van der Waals surface area contributed by atoms with Crippen LogP contribution in [0.25, 0.3) is 10.9 Å². The van der Waals surface area contributed by atoms with Crippen LogP contribution in [0, 0.1) is 11.7 Å². The molecule has 25 heavy (non-hydrogen) atoms. The predicted molar refractivity (Wildman–Crippen MR) is 95.5 cm³/mol. The van der Waals surface area contributed by atoms with E-state index in [1.807, 2.05) is 6.20 Å². The highest BCUT2D eigenvalue weighted by atomic mass is 19.1. The average Bonchev–Trinajstić information content (AvgIpc) is 3.10. The van der Waals surface area contributed by atoms with Crippen molar-refractivity contribution in [3.8, 4) is 0 Å². The minimum absolute atomic E-state index is 0.233. The van der Waals surface area contributed by atoms with E-state index in [9.17, 15) is 9.50 Å². The van der Waals surface area contributed by atoms with Crippen LogP contribution in [0.1, 0.15) is 30.1 Å². The van der Waals surface area contributed by atoms with Crippen LogP contribution in [0.3, 0.4) is 0 Å². The lowest BCUT2D eigenvalue weighted by Gasteiger charge is -2.34. The van der Waals surface area contributed by atoms with Crippen LogP contribution in [0.15, 0.2) is 48.7 Å². The molecule has 130 valence electrons. The number of piperidine rings is 1. The molecule has 1 atom stereocenters. The lowest BCUT2D eigenvalue weighted by molar-refractivity contribution is 0.0567. The molecule has 1 aliphatic rings. The smallest absolute Gasteiger partial charge is 0.123 e. The summed E-state index contributed by atoms with van der Waals surface area (Å²) in [6.07, 6.45) is 3.22. The second-order valence-electron chi connectivity index (χ2n) is 6.90. The van der Waals surface area contributed by atoms with Crippen LogP contribution >= 0.6 is 0 Å². The minimum Gasteiger partial charge on any atom is -0.388 e. The fraction of sp³-hybridized carbons (Fsp3) is 0.350. The number of hydrogen-bond acceptors (Lipinski definition) is 3. The number of hydrogen-bond donors (Lipinski definition) is 2. The van der Waals surface area contributed by atoms with E-state index in [1.54, 1.807) is 12.1 Å². The molecule has 0 aliphatic carbocycles. The first-order valence-corrected chi connectivity index (χ1v) is 8.77. The molecule has 1 fully saturated rings. The van der Waals surface area contributed by atoms with Gasteiger partial charge in [0.1, 0.15) is 5.82 Å². The Morgan fingerprint density at radius 3 is 2.68 bits per heavy atom. The van der Waals surface area contributed by atoms with Gasteiger partial charge in [0.15, 0.2) is 0 Å². The van der Waals surface area contributed by atoms with Gasteiger partial charge in [-0.15, -0.1) is 0 Å². The number of halogens is 1. The van der Waals surface area contributed by atoms with E-state index < -0.39 is 6.10 Å². The van der Waals surface area contributed by atoms with Crippen molar-refractivity contribution in [2.24, 2.45) is 5.92 Å². The Hall–Kier alpha value is -2.24. The highest BCUT2D eigenvalue weighted by Crippen LogP contribution is 2.31. The molecule has 0 saturated carbocycles. The van der Waals surface area contributed by atoms with E-state index in [1.165, 1.54) is 17.7 Å². The van der Waals surface area contributed by atoms with Crippen molar-refractivity contribution < 1.29 is 9.50 Å². The Morgan fingerprint density at radius 1 is 1.16 bits per heavy atom. The third-order valence-electron chi connectivity index (χ3n) is 5.20. The van der Waals surface area contributed by atoms with Crippen molar-refractivity contribution in [1.82, 2.24) is 15.1 Å². The molecule has 3 aromatic rings. The van der Waals surface area contributed by atoms with Gasteiger partial charge in [-0.1, -0.05) is 24.3 Å². The number of aromatic amines is 1. The zero-order valence-corrected chi connectivity index (χ0v) is 14.0. The summed E-state index contributed by atoms with van der Waals surface area (Å²) in [5.74, 6) is -0.0307. The lowest BCUT2D eigenvalue weighted by atomic mass is 9.87. The Bertz CT molecular complexity index is 838. The van der Waals surface area contributed by atoms with Gasteiger partial charge in [-0.25, -0.2) is 4.39 Å². The van der Waals surface area contributed by atoms with Gasteiger partial charge in [0.05, 0.1) is 17.8 Å². The molecule has 4 nitrogen and oxygen atoms in total. The molecule has 0 radical (unpaired) electrons. The molecular weight excluding hydrogens is 317 g/mol. The average molecular weight is 339 g/mol. The molecule has 0 amide bonds. The summed E-state index contributed by atoms with van der Waals surface area (Å²) in [4.78, 5) is 2.42. The van der Waals surface area contributed by atoms with E-state index in [4.69, 9.17) is 0 Å². The Labute approximate surface area is 146 Å². The maximum atomic E-state index is 13.0. The Kier molecular flexibility index (Phi) is 4.51. The topological polar surface area (TPSA) is 52.1 Å². The second kappa shape index (κ2) is 6.94. The number of benzene rings is 2. The summed E-state index contributed by atoms with van der Waals surface area (Å²) < 4.78 is 13.0. The van der Waals surface area contributed by atoms with Gasteiger partial charge in [-0.2, -0.15) is 5.10 Å². The first-order chi connectivity index (χ1) is 12.2. The third-order valence-corrected chi connectivity index (χ3v) is 5.20. The highest BCUT2D eigenvalue weighted by molar-refractivity contribution is 5.78. The van der Waals surface area contributed by atoms with Crippen molar-refractivity contribution in [3.63, 3.8) is 0 Å². The molecule has 2 heterocycles. The van der Waals surface area contributed by atoms with Crippen molar-refractivity contribution >= 4 is 10.9 Å². The number of H-pyrrole nitrogens is 1. The van der Waals surface area contributed by atoms with Gasteiger partial charge in [0, 0.05) is 11.9 Å². The largest absolute Gasteiger partial charge is 0.388 e. The quantitative estimate of drug-likeness (QED) is 0.763. The molecule has 4 rings (SSSR count). The molecule has 5 heteroatoms. The number of rotatable bonds is 4. The number of aliphatic hydroxyl groups is 1. The van der Waals surface area contributed by atoms with Crippen LogP contribution in [0.5, 0.6) is 0 Å². The monoisotopic (exact) mass is 339 g/mol. The zero-order valence-electron chi connectivity index (χ0n) is 14.0. The first kappa shape index (κ1) is 16.2. The van der Waals surface area contributed by atoms with Crippen molar-refractivity contribution in [3.05, 3.63) is 65.6 Å². The fourth-order valence-corrected chi connectivity index (χ4v) is 3.70. The van der Waals surface area contributed by atoms with Crippen LogP contribution in [-0.2, 0) is 6.54 Å². The molecular formula is C20H22FN3O. The molecule has 1 aromatic heterocycles. The van der Waals surface area contributed by atoms with E-state index in [-0.39, 0.29) is 11.7 Å². The lowest BCUT2D eigenvalue weighted by Crippen LogP contribution is -2.35. The van der Waals surface area contributed by atoms with Gasteiger partial charge in [-0.05, 0) is 61.2 Å². The Balaban J connectivity index is 1.35. The summed E-state index contributed by atoms with van der Waals surface area (Å²) in [7, 11) is 0. The fourth-order valence-electron chi connectivity index (χ4n) is 3.70. The summed E-state index contributed by atoms with van der Waals surface area (Å²) in [6, 6.07) is 12.6. The summed E-state index contributed by atoms with van der Waals surface area (Å²) in [5, 5.41) is 18.8. The van der Waals surface area contributed by atoms with Crippen LogP contribution in [0.4, 0.5) is 4.39 Å². The van der Waals surface area contributed by atoms with Gasteiger partial charge < -0.3 is 5.11 Å². The highest BCUT2D eigenvalue weighted by Gasteiger charge is 2.26. The molecule has 0 spiro atoms. The molecule has 1 saturated heterocycles. The molecule has 1 unspecified atom stereocenters. The van der Waals surface area contributed by atoms with Gasteiger partial charge >= 0.3 is 0 Å². The van der Waals surface area contributed by atoms with Crippen molar-refractivity contribution in [2.45, 2.75) is 25.5 Å². The number of fused-ring (bicyclic) bond motifs is 1. The van der Waals surface area contributed by atoms with Gasteiger partial charge in [0.25, 0.3) is 0 Å². The first-order valence-electron chi connectivity index (χ1n) is 8.77. The standard InChI is InChI=1S/C20H22FN3O/c21-18-5-3-15(4-6-18)20(25)16-7-9-24(10-8-16)13-14-1-2-17-12-22-23-19(17)11-14/h1-6,11-12,16,20,25H,7-10,13H2,(H,22,23). The van der Waals surface area contributed by atoms with E-state index in [0.29, 0.717) is 0 Å². The molecule has 2 aromatic carbocycles. The molecule has 2 N–H and O–H groups in total. The van der Waals surface area contributed by atoms with Gasteiger partial charge in [-0.3, -0.25) is 10.00 Å². The van der Waals surface area contributed by atoms with E-state index >= 15 is 0 Å². The summed E-state index contributed by atoms with van der Waals surface area (Å²) in [6.45, 7) is 2.84.